The molecule has 6 N–H and O–H groups in total. The van der Waals surface area contributed by atoms with Gasteiger partial charge >= 0.3 is 33.3 Å². The number of carbonyl (C=O) groups is 3. The van der Waals surface area contributed by atoms with Gasteiger partial charge < -0.3 is 39.9 Å². The van der Waals surface area contributed by atoms with E-state index in [9.17, 15) is 48.3 Å². The average Bonchev–Trinajstić information content (AvgIpc) is 3.60. The summed E-state index contributed by atoms with van der Waals surface area (Å²) < 4.78 is 56.5. The third kappa shape index (κ3) is 30.5. The largest absolute Gasteiger partial charge is 0.481 e. The van der Waals surface area contributed by atoms with Crippen molar-refractivity contribution >= 4 is 39.2 Å². The van der Waals surface area contributed by atoms with Crippen LogP contribution in [0.15, 0.2) is 90.0 Å². The molecule has 0 saturated carbocycles. The van der Waals surface area contributed by atoms with Gasteiger partial charge in [0.2, 0.25) is 0 Å². The SMILES string of the molecule is CCCCC/C=C\C/C=C\C/C=C\C=C\C(=O)CCCC(=O)OC[C@H](COP(=O)(O)OP(=O)(O)OC[C@H]1O[C@@H](n2ccc(N)nc2=O)[C@H](O)[C@@H]1O)OC(=O)CCCCCCC/C=C\C=C/CCCCCC. The minimum atomic E-state index is -5.48. The van der Waals surface area contributed by atoms with Gasteiger partial charge in [-0.15, -0.1) is 0 Å². The normalized spacial score (nSPS) is 19.7. The van der Waals surface area contributed by atoms with Crippen LogP contribution in [0.3, 0.4) is 0 Å². The Kier molecular flexibility index (Phi) is 33.3. The quantitative estimate of drug-likeness (QED) is 0.0102. The number of hydrogen-bond acceptors (Lipinski definition) is 16. The fraction of sp³-hybridized carbons (Fsp3) is 0.620. The minimum Gasteiger partial charge on any atom is -0.462 e. The van der Waals surface area contributed by atoms with Gasteiger partial charge in [-0.2, -0.15) is 9.29 Å². The number of rotatable bonds is 40. The van der Waals surface area contributed by atoms with Crippen LogP contribution in [0.5, 0.6) is 0 Å². The lowest BCUT2D eigenvalue weighted by Crippen LogP contribution is -2.36. The second-order valence-corrected chi connectivity index (χ2v) is 20.1. The zero-order chi connectivity index (χ0) is 52.2. The van der Waals surface area contributed by atoms with E-state index < -0.39 is 83.7 Å². The lowest BCUT2D eigenvalue weighted by molar-refractivity contribution is -0.161. The first-order chi connectivity index (χ1) is 34.1. The number of carbonyl (C=O) groups excluding carboxylic acids is 3. The third-order valence-corrected chi connectivity index (χ3v) is 13.4. The summed E-state index contributed by atoms with van der Waals surface area (Å²) in [6, 6.07) is 1.23. The van der Waals surface area contributed by atoms with Crippen molar-refractivity contribution in [3.05, 3.63) is 95.7 Å². The molecule has 1 aliphatic heterocycles. The van der Waals surface area contributed by atoms with Crippen molar-refractivity contribution in [3.63, 3.8) is 0 Å². The minimum absolute atomic E-state index is 0.0210. The van der Waals surface area contributed by atoms with Crippen LogP contribution >= 0.6 is 15.6 Å². The van der Waals surface area contributed by atoms with Crippen LogP contribution in [0.1, 0.15) is 155 Å². The third-order valence-electron chi connectivity index (χ3n) is 10.8. The zero-order valence-corrected chi connectivity index (χ0v) is 43.3. The van der Waals surface area contributed by atoms with Crippen LogP contribution in [0.2, 0.25) is 0 Å². The summed E-state index contributed by atoms with van der Waals surface area (Å²) >= 11 is 0. The Hall–Kier alpha value is -4.13. The number of ketones is 1. The molecule has 400 valence electrons. The van der Waals surface area contributed by atoms with Crippen LogP contribution in [0.4, 0.5) is 5.82 Å². The fourth-order valence-electron chi connectivity index (χ4n) is 6.84. The molecular weight excluding hydrogens is 961 g/mol. The molecule has 2 unspecified atom stereocenters. The molecule has 7 atom stereocenters. The van der Waals surface area contributed by atoms with Gasteiger partial charge in [0.25, 0.3) is 0 Å². The topological polar surface area (TPSA) is 283 Å². The number of hydrogen-bond donors (Lipinski definition) is 5. The highest BCUT2D eigenvalue weighted by Crippen LogP contribution is 2.60. The van der Waals surface area contributed by atoms with E-state index in [0.717, 1.165) is 68.6 Å². The Labute approximate surface area is 419 Å². The fourth-order valence-corrected chi connectivity index (χ4v) is 8.95. The van der Waals surface area contributed by atoms with Crippen LogP contribution in [0.25, 0.3) is 0 Å². The Balaban J connectivity index is 1.87. The number of nitrogens with two attached hydrogens (primary N) is 1. The number of unbranched alkanes of at least 4 members (excludes halogenated alkanes) is 12. The molecule has 0 amide bonds. The molecule has 1 aliphatic rings. The van der Waals surface area contributed by atoms with Gasteiger partial charge in [-0.3, -0.25) is 28.0 Å². The standard InChI is InChI=1S/C50H79N3O16P2/c1-3-5-7-9-11-13-15-17-18-20-22-24-26-28-30-34-46(56)67-42(38-64-45(55)35-31-33-41(54)32-29-27-25-23-21-19-16-14-12-10-8-6-4-2)39-65-70(60,61)69-71(62,63)66-40-43-47(57)48(58)49(68-43)53-37-36-44(51)52-50(53)59/h12-15,17-19,21,25,27,29,32,36-37,42-43,47-49,57-58H,3-11,16,20,22-24,26,28,30-31,33-35,38-40H2,1-2H3,(H,60,61)(H,62,63)(H2,51,52,59)/b14-12-,15-13-,18-17-,21-19-,27-25-,32-29+/t42-,43-,47-,48-,49-/m1/s1. The Morgan fingerprint density at radius 1 is 0.718 bits per heavy atom. The molecule has 0 spiro atoms. The van der Waals surface area contributed by atoms with Crippen molar-refractivity contribution in [1.29, 1.82) is 0 Å². The van der Waals surface area contributed by atoms with Crippen molar-refractivity contribution in [2.45, 2.75) is 179 Å². The van der Waals surface area contributed by atoms with Gasteiger partial charge in [-0.1, -0.05) is 132 Å². The smallest absolute Gasteiger partial charge is 0.462 e. The second kappa shape index (κ2) is 37.6. The van der Waals surface area contributed by atoms with E-state index in [2.05, 4.69) is 65.7 Å². The van der Waals surface area contributed by atoms with E-state index in [1.165, 1.54) is 57.1 Å². The summed E-state index contributed by atoms with van der Waals surface area (Å²) in [6.45, 7) is 1.84. The molecular formula is C50H79N3O16P2. The highest BCUT2D eigenvalue weighted by Gasteiger charge is 2.46. The lowest BCUT2D eigenvalue weighted by Gasteiger charge is -2.21. The van der Waals surface area contributed by atoms with Crippen LogP contribution in [-0.2, 0) is 51.1 Å². The number of phosphoric ester groups is 2. The first kappa shape index (κ1) is 63.0. The van der Waals surface area contributed by atoms with Gasteiger partial charge in [-0.25, -0.2) is 13.9 Å². The van der Waals surface area contributed by atoms with E-state index in [4.69, 9.17) is 29.0 Å². The molecule has 1 saturated heterocycles. The Morgan fingerprint density at radius 3 is 2.00 bits per heavy atom. The Bertz CT molecular complexity index is 2040. The number of nitrogens with zero attached hydrogens (tertiary/aromatic N) is 2. The monoisotopic (exact) mass is 1040 g/mol. The number of aliphatic hydroxyl groups is 2. The Morgan fingerprint density at radius 2 is 1.30 bits per heavy atom. The van der Waals surface area contributed by atoms with Crippen molar-refractivity contribution in [2.24, 2.45) is 0 Å². The number of esters is 2. The number of nitrogen functional groups attached to an aromatic ring is 1. The summed E-state index contributed by atoms with van der Waals surface area (Å²) in [7, 11) is -10.9. The van der Waals surface area contributed by atoms with Crippen LogP contribution < -0.4 is 11.4 Å². The molecule has 1 fully saturated rings. The van der Waals surface area contributed by atoms with Gasteiger partial charge in [0.1, 0.15) is 30.7 Å². The van der Waals surface area contributed by atoms with Gasteiger partial charge in [0.05, 0.1) is 13.2 Å². The van der Waals surface area contributed by atoms with Crippen molar-refractivity contribution < 1.29 is 71.1 Å². The van der Waals surface area contributed by atoms with Crippen molar-refractivity contribution in [3.8, 4) is 0 Å². The molecule has 19 nitrogen and oxygen atoms in total. The molecule has 2 heterocycles. The maximum Gasteiger partial charge on any atom is 0.481 e. The molecule has 0 bridgehead atoms. The van der Waals surface area contributed by atoms with E-state index >= 15 is 0 Å². The molecule has 0 aromatic carbocycles. The van der Waals surface area contributed by atoms with Crippen LogP contribution in [0, 0.1) is 0 Å². The maximum absolute atomic E-state index is 12.8. The zero-order valence-electron chi connectivity index (χ0n) is 41.5. The molecule has 0 radical (unpaired) electrons. The molecule has 1 aromatic rings. The van der Waals surface area contributed by atoms with Gasteiger partial charge in [0.15, 0.2) is 18.1 Å². The van der Waals surface area contributed by atoms with E-state index in [-0.39, 0.29) is 37.3 Å². The van der Waals surface area contributed by atoms with Gasteiger partial charge in [-0.05, 0) is 76.4 Å². The number of phosphoric acid groups is 2. The summed E-state index contributed by atoms with van der Waals surface area (Å²) in [5.74, 6) is -1.79. The molecule has 21 heteroatoms. The van der Waals surface area contributed by atoms with Crippen LogP contribution in [-0.4, -0.2) is 91.5 Å². The predicted molar refractivity (Wildman–Crippen MR) is 270 cm³/mol. The predicted octanol–water partition coefficient (Wildman–Crippen LogP) is 9.29. The molecule has 0 aliphatic carbocycles. The first-order valence-electron chi connectivity index (χ1n) is 24.9. The van der Waals surface area contributed by atoms with E-state index in [1.54, 1.807) is 12.2 Å². The molecule has 71 heavy (non-hydrogen) atoms. The summed E-state index contributed by atoms with van der Waals surface area (Å²) in [5.41, 5.74) is 4.56. The average molecular weight is 1040 g/mol. The molecule has 2 rings (SSSR count). The summed E-state index contributed by atoms with van der Waals surface area (Å²) in [5, 5.41) is 20.9. The van der Waals surface area contributed by atoms with Crippen molar-refractivity contribution in [1.82, 2.24) is 9.55 Å². The number of aliphatic hydroxyl groups excluding tert-OH is 2. The number of aromatic nitrogens is 2. The van der Waals surface area contributed by atoms with E-state index in [1.807, 2.05) is 12.2 Å². The maximum atomic E-state index is 12.8. The number of anilines is 1. The number of allylic oxidation sites excluding steroid dienone is 12. The second-order valence-electron chi connectivity index (χ2n) is 17.0. The lowest BCUT2D eigenvalue weighted by atomic mass is 10.1. The molecule has 1 aromatic heterocycles. The van der Waals surface area contributed by atoms with Crippen molar-refractivity contribution in [2.75, 3.05) is 25.6 Å². The highest BCUT2D eigenvalue weighted by atomic mass is 31.3. The van der Waals surface area contributed by atoms with E-state index in [0.29, 0.717) is 6.42 Å². The first-order valence-corrected chi connectivity index (χ1v) is 27.9. The summed E-state index contributed by atoms with van der Waals surface area (Å²) in [6.07, 6.45) is 34.2. The summed E-state index contributed by atoms with van der Waals surface area (Å²) in [4.78, 5) is 74.2. The number of ether oxygens (including phenoxy) is 3. The highest BCUT2D eigenvalue weighted by molar-refractivity contribution is 7.61. The van der Waals surface area contributed by atoms with Gasteiger partial charge in [0, 0.05) is 25.5 Å².